The normalized spacial score (nSPS) is 20.5. The van der Waals surface area contributed by atoms with Crippen LogP contribution in [0.3, 0.4) is 0 Å². The van der Waals surface area contributed by atoms with Crippen LogP contribution in [-0.4, -0.2) is 22.3 Å². The number of pyridine rings is 1. The van der Waals surface area contributed by atoms with Gasteiger partial charge in [-0.2, -0.15) is 0 Å². The topological polar surface area (TPSA) is 59.2 Å². The summed E-state index contributed by atoms with van der Waals surface area (Å²) in [4.78, 5) is 18.1. The van der Waals surface area contributed by atoms with Crippen LogP contribution in [0.4, 0.5) is 5.69 Å². The van der Waals surface area contributed by atoms with Gasteiger partial charge < -0.3 is 10.6 Å². The second kappa shape index (κ2) is 4.59. The van der Waals surface area contributed by atoms with E-state index in [-0.39, 0.29) is 11.3 Å². The third-order valence-electron chi connectivity index (χ3n) is 3.63. The van der Waals surface area contributed by atoms with Crippen molar-refractivity contribution < 1.29 is 4.79 Å². The predicted molar refractivity (Wildman–Crippen MR) is 71.6 cm³/mol. The molecule has 4 nitrogen and oxygen atoms in total. The van der Waals surface area contributed by atoms with Gasteiger partial charge in [-0.1, -0.05) is 20.8 Å². The molecular formula is C14H21N3O. The number of aromatic nitrogens is 1. The fourth-order valence-electron chi connectivity index (χ4n) is 2.28. The molecule has 98 valence electrons. The van der Waals surface area contributed by atoms with Crippen molar-refractivity contribution in [3.05, 3.63) is 24.0 Å². The summed E-state index contributed by atoms with van der Waals surface area (Å²) < 4.78 is 0. The van der Waals surface area contributed by atoms with Gasteiger partial charge in [0.1, 0.15) is 0 Å². The van der Waals surface area contributed by atoms with E-state index in [9.17, 15) is 4.79 Å². The molecule has 1 aliphatic heterocycles. The van der Waals surface area contributed by atoms with E-state index in [1.165, 1.54) is 0 Å². The number of hydrogen-bond donors (Lipinski definition) is 1. The molecule has 18 heavy (non-hydrogen) atoms. The Balaban J connectivity index is 2.05. The molecule has 1 amide bonds. The number of likely N-dealkylation sites (tertiary alicyclic amines) is 1. The van der Waals surface area contributed by atoms with Crippen LogP contribution in [0.25, 0.3) is 0 Å². The fraction of sp³-hybridized carbons (Fsp3) is 0.571. The summed E-state index contributed by atoms with van der Waals surface area (Å²) in [5.41, 5.74) is 7.45. The summed E-state index contributed by atoms with van der Waals surface area (Å²) in [6.07, 6.45) is 2.33. The van der Waals surface area contributed by atoms with Crippen LogP contribution in [0.5, 0.6) is 0 Å². The predicted octanol–water partition coefficient (Wildman–Crippen LogP) is 2.06. The lowest BCUT2D eigenvalue weighted by Crippen LogP contribution is -2.27. The number of nitrogens with two attached hydrogens (primary N) is 1. The summed E-state index contributed by atoms with van der Waals surface area (Å²) in [7, 11) is 0. The maximum atomic E-state index is 12.0. The van der Waals surface area contributed by atoms with Gasteiger partial charge in [0.15, 0.2) is 0 Å². The van der Waals surface area contributed by atoms with Crippen molar-refractivity contribution in [2.24, 2.45) is 11.3 Å². The highest BCUT2D eigenvalue weighted by Gasteiger charge is 2.36. The molecule has 1 aliphatic rings. The van der Waals surface area contributed by atoms with Gasteiger partial charge in [0.05, 0.1) is 12.2 Å². The molecule has 1 aromatic heterocycles. The minimum Gasteiger partial charge on any atom is -0.399 e. The molecule has 1 fully saturated rings. The minimum absolute atomic E-state index is 0.174. The maximum Gasteiger partial charge on any atom is 0.223 e. The van der Waals surface area contributed by atoms with Crippen molar-refractivity contribution >= 4 is 11.6 Å². The number of anilines is 1. The first-order chi connectivity index (χ1) is 8.36. The Bertz CT molecular complexity index is 451. The quantitative estimate of drug-likeness (QED) is 0.870. The zero-order valence-electron chi connectivity index (χ0n) is 11.3. The van der Waals surface area contributed by atoms with Crippen LogP contribution < -0.4 is 5.73 Å². The molecule has 0 bridgehead atoms. The molecule has 1 unspecified atom stereocenters. The molecule has 4 heteroatoms. The van der Waals surface area contributed by atoms with Crippen molar-refractivity contribution in [2.75, 3.05) is 12.3 Å². The molecule has 0 aliphatic carbocycles. The molecule has 0 aromatic carbocycles. The lowest BCUT2D eigenvalue weighted by molar-refractivity contribution is -0.128. The lowest BCUT2D eigenvalue weighted by Gasteiger charge is -2.26. The van der Waals surface area contributed by atoms with Crippen molar-refractivity contribution in [3.8, 4) is 0 Å². The number of rotatable bonds is 2. The molecule has 0 saturated carbocycles. The van der Waals surface area contributed by atoms with E-state index >= 15 is 0 Å². The van der Waals surface area contributed by atoms with Crippen LogP contribution in [0.2, 0.25) is 0 Å². The summed E-state index contributed by atoms with van der Waals surface area (Å²) >= 11 is 0. The van der Waals surface area contributed by atoms with E-state index in [0.717, 1.165) is 12.2 Å². The van der Waals surface area contributed by atoms with E-state index in [0.29, 0.717) is 24.6 Å². The van der Waals surface area contributed by atoms with Crippen molar-refractivity contribution in [3.63, 3.8) is 0 Å². The second-order valence-electron chi connectivity index (χ2n) is 6.12. The number of carbonyl (C=O) groups is 1. The van der Waals surface area contributed by atoms with Gasteiger partial charge in [-0.25, -0.2) is 0 Å². The zero-order chi connectivity index (χ0) is 13.3. The van der Waals surface area contributed by atoms with Gasteiger partial charge in [0.25, 0.3) is 0 Å². The Kier molecular flexibility index (Phi) is 3.28. The van der Waals surface area contributed by atoms with E-state index in [1.807, 2.05) is 11.0 Å². The number of nitrogens with zero attached hydrogens (tertiary/aromatic N) is 2. The molecule has 1 saturated heterocycles. The Morgan fingerprint density at radius 2 is 2.22 bits per heavy atom. The number of nitrogen functional groups attached to an aromatic ring is 1. The van der Waals surface area contributed by atoms with Crippen LogP contribution >= 0.6 is 0 Å². The molecule has 1 aromatic rings. The minimum atomic E-state index is 0.174. The van der Waals surface area contributed by atoms with E-state index in [1.54, 1.807) is 12.3 Å². The molecule has 0 radical (unpaired) electrons. The standard InChI is InChI=1S/C14H21N3O/c1-14(2,3)10-6-13(18)17(8-10)9-12-7-11(15)4-5-16-12/h4-5,7,10H,6,8-9H2,1-3H3,(H2,15,16). The van der Waals surface area contributed by atoms with Crippen LogP contribution in [0.1, 0.15) is 32.9 Å². The first-order valence-corrected chi connectivity index (χ1v) is 6.34. The highest BCUT2D eigenvalue weighted by Crippen LogP contribution is 2.34. The Hall–Kier alpha value is -1.58. The third kappa shape index (κ3) is 2.81. The number of hydrogen-bond acceptors (Lipinski definition) is 3. The summed E-state index contributed by atoms with van der Waals surface area (Å²) in [6, 6.07) is 3.59. The number of amides is 1. The first kappa shape index (κ1) is 12.9. The highest BCUT2D eigenvalue weighted by molar-refractivity contribution is 5.78. The van der Waals surface area contributed by atoms with E-state index < -0.39 is 0 Å². The largest absolute Gasteiger partial charge is 0.399 e. The number of carbonyl (C=O) groups excluding carboxylic acids is 1. The molecule has 1 atom stereocenters. The van der Waals surface area contributed by atoms with Gasteiger partial charge in [0.2, 0.25) is 5.91 Å². The van der Waals surface area contributed by atoms with Gasteiger partial charge in [-0.15, -0.1) is 0 Å². The lowest BCUT2D eigenvalue weighted by atomic mass is 9.80. The molecular weight excluding hydrogens is 226 g/mol. The smallest absolute Gasteiger partial charge is 0.223 e. The molecule has 2 N–H and O–H groups in total. The van der Waals surface area contributed by atoms with Gasteiger partial charge >= 0.3 is 0 Å². The van der Waals surface area contributed by atoms with Crippen LogP contribution in [0.15, 0.2) is 18.3 Å². The van der Waals surface area contributed by atoms with Gasteiger partial charge in [0, 0.05) is 24.8 Å². The summed E-state index contributed by atoms with van der Waals surface area (Å²) in [5, 5.41) is 0. The van der Waals surface area contributed by atoms with E-state index in [4.69, 9.17) is 5.73 Å². The first-order valence-electron chi connectivity index (χ1n) is 6.34. The summed E-state index contributed by atoms with van der Waals surface area (Å²) in [5.74, 6) is 0.644. The fourth-order valence-corrected chi connectivity index (χ4v) is 2.28. The van der Waals surface area contributed by atoms with Crippen LogP contribution in [0, 0.1) is 11.3 Å². The zero-order valence-corrected chi connectivity index (χ0v) is 11.3. The average molecular weight is 247 g/mol. The Labute approximate surface area is 108 Å². The summed E-state index contributed by atoms with van der Waals surface area (Å²) in [6.45, 7) is 7.95. The highest BCUT2D eigenvalue weighted by atomic mass is 16.2. The Morgan fingerprint density at radius 3 is 2.78 bits per heavy atom. The molecule has 2 rings (SSSR count). The van der Waals surface area contributed by atoms with E-state index in [2.05, 4.69) is 25.8 Å². The SMILES string of the molecule is CC(C)(C)C1CC(=O)N(Cc2cc(N)ccn2)C1. The maximum absolute atomic E-state index is 12.0. The molecule has 0 spiro atoms. The monoisotopic (exact) mass is 247 g/mol. The van der Waals surface area contributed by atoms with Crippen molar-refractivity contribution in [1.29, 1.82) is 0 Å². The van der Waals surface area contributed by atoms with Crippen LogP contribution in [-0.2, 0) is 11.3 Å². The average Bonchev–Trinajstić information content (AvgIpc) is 2.60. The molecule has 2 heterocycles. The third-order valence-corrected chi connectivity index (χ3v) is 3.63. The van der Waals surface area contributed by atoms with Gasteiger partial charge in [-0.3, -0.25) is 9.78 Å². The Morgan fingerprint density at radius 1 is 1.50 bits per heavy atom. The van der Waals surface area contributed by atoms with Crippen molar-refractivity contribution in [2.45, 2.75) is 33.7 Å². The second-order valence-corrected chi connectivity index (χ2v) is 6.12. The van der Waals surface area contributed by atoms with Crippen molar-refractivity contribution in [1.82, 2.24) is 9.88 Å². The van der Waals surface area contributed by atoms with Gasteiger partial charge in [-0.05, 0) is 23.5 Å².